The van der Waals surface area contributed by atoms with Crippen LogP contribution in [0.25, 0.3) is 0 Å². The van der Waals surface area contributed by atoms with Crippen LogP contribution >= 0.6 is 11.9 Å². The molecule has 0 aliphatic heterocycles. The van der Waals surface area contributed by atoms with Crippen molar-refractivity contribution < 1.29 is 5.11 Å². The van der Waals surface area contributed by atoms with Gasteiger partial charge in [0.2, 0.25) is 0 Å². The van der Waals surface area contributed by atoms with Gasteiger partial charge in [-0.1, -0.05) is 11.9 Å². The Morgan fingerprint density at radius 3 is 2.22 bits per heavy atom. The van der Waals surface area contributed by atoms with Crippen LogP contribution in [-0.2, 0) is 0 Å². The quantitative estimate of drug-likeness (QED) is 0.542. The maximum Gasteiger partial charge on any atom is 0.0541 e. The third-order valence-corrected chi connectivity index (χ3v) is 2.69. The highest BCUT2D eigenvalue weighted by Gasteiger charge is 2.17. The second-order valence-corrected chi connectivity index (χ2v) is 3.51. The SMILES string of the molecule is NSC1CCC(O)CC1. The van der Waals surface area contributed by atoms with E-state index in [1.54, 1.807) is 0 Å². The van der Waals surface area contributed by atoms with Crippen LogP contribution in [0.1, 0.15) is 25.7 Å². The van der Waals surface area contributed by atoms with Gasteiger partial charge >= 0.3 is 0 Å². The van der Waals surface area contributed by atoms with Crippen molar-refractivity contribution in [2.45, 2.75) is 37.0 Å². The van der Waals surface area contributed by atoms with E-state index in [0.29, 0.717) is 5.25 Å². The third-order valence-electron chi connectivity index (χ3n) is 1.84. The van der Waals surface area contributed by atoms with Gasteiger partial charge in [0.05, 0.1) is 6.10 Å². The Balaban J connectivity index is 2.18. The van der Waals surface area contributed by atoms with Gasteiger partial charge in [-0.15, -0.1) is 0 Å². The average molecular weight is 147 g/mol. The molecule has 0 radical (unpaired) electrons. The van der Waals surface area contributed by atoms with Crippen molar-refractivity contribution in [2.75, 3.05) is 0 Å². The van der Waals surface area contributed by atoms with Gasteiger partial charge in [-0.3, -0.25) is 5.14 Å². The Bertz CT molecular complexity index is 81.1. The molecule has 9 heavy (non-hydrogen) atoms. The molecular weight excluding hydrogens is 134 g/mol. The highest BCUT2D eigenvalue weighted by Crippen LogP contribution is 2.24. The molecule has 0 aromatic heterocycles. The summed E-state index contributed by atoms with van der Waals surface area (Å²) < 4.78 is 0. The Kier molecular flexibility index (Phi) is 2.82. The fraction of sp³-hybridized carbons (Fsp3) is 1.00. The minimum Gasteiger partial charge on any atom is -0.393 e. The van der Waals surface area contributed by atoms with E-state index in [2.05, 4.69) is 0 Å². The largest absolute Gasteiger partial charge is 0.393 e. The molecule has 0 amide bonds. The number of nitrogens with two attached hydrogens (primary N) is 1. The Hall–Kier alpha value is 0.270. The molecule has 1 fully saturated rings. The zero-order valence-corrected chi connectivity index (χ0v) is 6.23. The summed E-state index contributed by atoms with van der Waals surface area (Å²) in [4.78, 5) is 0. The molecule has 0 spiro atoms. The number of rotatable bonds is 1. The molecule has 0 saturated heterocycles. The highest BCUT2D eigenvalue weighted by atomic mass is 32.2. The number of hydrogen-bond acceptors (Lipinski definition) is 3. The molecule has 0 bridgehead atoms. The van der Waals surface area contributed by atoms with Gasteiger partial charge in [-0.05, 0) is 25.7 Å². The zero-order valence-electron chi connectivity index (χ0n) is 5.42. The van der Waals surface area contributed by atoms with E-state index in [-0.39, 0.29) is 6.10 Å². The van der Waals surface area contributed by atoms with Gasteiger partial charge in [0.15, 0.2) is 0 Å². The van der Waals surface area contributed by atoms with E-state index >= 15 is 0 Å². The lowest BCUT2D eigenvalue weighted by atomic mass is 9.97. The van der Waals surface area contributed by atoms with Crippen LogP contribution in [0, 0.1) is 0 Å². The predicted molar refractivity (Wildman–Crippen MR) is 40.0 cm³/mol. The monoisotopic (exact) mass is 147 g/mol. The standard InChI is InChI=1S/C6H13NOS/c7-9-6-3-1-5(8)2-4-6/h5-6,8H,1-4,7H2. The fourth-order valence-electron chi connectivity index (χ4n) is 1.18. The lowest BCUT2D eigenvalue weighted by molar-refractivity contribution is 0.132. The first-order chi connectivity index (χ1) is 4.33. The molecule has 1 aliphatic rings. The second kappa shape index (κ2) is 3.44. The van der Waals surface area contributed by atoms with Gasteiger partial charge < -0.3 is 5.11 Å². The molecule has 3 heteroatoms. The van der Waals surface area contributed by atoms with Gasteiger partial charge in [0.25, 0.3) is 0 Å². The van der Waals surface area contributed by atoms with Crippen LogP contribution in [0.2, 0.25) is 0 Å². The van der Waals surface area contributed by atoms with Gasteiger partial charge in [-0.2, -0.15) is 0 Å². The Morgan fingerprint density at radius 1 is 1.22 bits per heavy atom. The number of hydrogen-bond donors (Lipinski definition) is 2. The van der Waals surface area contributed by atoms with E-state index in [1.807, 2.05) is 0 Å². The molecule has 0 unspecified atom stereocenters. The van der Waals surface area contributed by atoms with E-state index in [1.165, 1.54) is 11.9 Å². The summed E-state index contributed by atoms with van der Waals surface area (Å²) in [5, 5.41) is 15.1. The maximum absolute atomic E-state index is 9.07. The normalized spacial score (nSPS) is 36.7. The summed E-state index contributed by atoms with van der Waals surface area (Å²) in [6.45, 7) is 0. The third kappa shape index (κ3) is 2.16. The molecule has 0 heterocycles. The predicted octanol–water partition coefficient (Wildman–Crippen LogP) is 0.897. The van der Waals surface area contributed by atoms with Crippen molar-refractivity contribution in [1.29, 1.82) is 0 Å². The second-order valence-electron chi connectivity index (χ2n) is 2.57. The van der Waals surface area contributed by atoms with Crippen LogP contribution < -0.4 is 5.14 Å². The lowest BCUT2D eigenvalue weighted by Crippen LogP contribution is -2.20. The van der Waals surface area contributed by atoms with E-state index in [4.69, 9.17) is 10.2 Å². The van der Waals surface area contributed by atoms with Crippen molar-refractivity contribution in [3.63, 3.8) is 0 Å². The first-order valence-electron chi connectivity index (χ1n) is 3.36. The van der Waals surface area contributed by atoms with Crippen molar-refractivity contribution in [3.05, 3.63) is 0 Å². The van der Waals surface area contributed by atoms with Crippen molar-refractivity contribution in [3.8, 4) is 0 Å². The molecule has 2 nitrogen and oxygen atoms in total. The van der Waals surface area contributed by atoms with Gasteiger partial charge in [0.1, 0.15) is 0 Å². The number of aliphatic hydroxyl groups is 1. The van der Waals surface area contributed by atoms with Crippen molar-refractivity contribution in [1.82, 2.24) is 0 Å². The molecule has 0 aromatic rings. The number of aliphatic hydroxyl groups excluding tert-OH is 1. The lowest BCUT2D eigenvalue weighted by Gasteiger charge is -2.22. The molecule has 3 N–H and O–H groups in total. The van der Waals surface area contributed by atoms with Crippen LogP contribution in [0.15, 0.2) is 0 Å². The molecule has 1 aliphatic carbocycles. The van der Waals surface area contributed by atoms with Crippen molar-refractivity contribution in [2.24, 2.45) is 5.14 Å². The first kappa shape index (κ1) is 7.38. The van der Waals surface area contributed by atoms with Gasteiger partial charge in [-0.25, -0.2) is 0 Å². The fourth-order valence-corrected chi connectivity index (χ4v) is 1.73. The van der Waals surface area contributed by atoms with E-state index in [0.717, 1.165) is 25.7 Å². The molecular formula is C6H13NOS. The Labute approximate surface area is 60.0 Å². The van der Waals surface area contributed by atoms with Gasteiger partial charge in [0, 0.05) is 5.25 Å². The first-order valence-corrected chi connectivity index (χ1v) is 4.31. The molecule has 0 atom stereocenters. The minimum atomic E-state index is -0.0478. The summed E-state index contributed by atoms with van der Waals surface area (Å²) in [7, 11) is 0. The summed E-state index contributed by atoms with van der Waals surface area (Å²) in [5.74, 6) is 0. The van der Waals surface area contributed by atoms with E-state index in [9.17, 15) is 0 Å². The van der Waals surface area contributed by atoms with Crippen molar-refractivity contribution >= 4 is 11.9 Å². The van der Waals surface area contributed by atoms with Crippen LogP contribution in [0.4, 0.5) is 0 Å². The molecule has 54 valence electrons. The minimum absolute atomic E-state index is 0.0478. The smallest absolute Gasteiger partial charge is 0.0541 e. The molecule has 0 aromatic carbocycles. The summed E-state index contributed by atoms with van der Waals surface area (Å²) >= 11 is 1.44. The summed E-state index contributed by atoms with van der Waals surface area (Å²) in [6.07, 6.45) is 4.00. The molecule has 1 rings (SSSR count). The summed E-state index contributed by atoms with van der Waals surface area (Å²) in [6, 6.07) is 0. The van der Waals surface area contributed by atoms with Crippen LogP contribution in [-0.4, -0.2) is 16.5 Å². The Morgan fingerprint density at radius 2 is 1.78 bits per heavy atom. The van der Waals surface area contributed by atoms with Crippen LogP contribution in [0.5, 0.6) is 0 Å². The maximum atomic E-state index is 9.07. The highest BCUT2D eigenvalue weighted by molar-refractivity contribution is 7.97. The van der Waals surface area contributed by atoms with E-state index < -0.39 is 0 Å². The topological polar surface area (TPSA) is 46.2 Å². The van der Waals surface area contributed by atoms with Crippen LogP contribution in [0.3, 0.4) is 0 Å². The molecule has 1 saturated carbocycles. The average Bonchev–Trinajstić information content (AvgIpc) is 1.90. The summed E-state index contributed by atoms with van der Waals surface area (Å²) in [5.41, 5.74) is 0. The zero-order chi connectivity index (χ0) is 6.69.